The Hall–Kier alpha value is -0.700. The van der Waals surface area contributed by atoms with Crippen molar-refractivity contribution < 1.29 is 14.2 Å². The van der Waals surface area contributed by atoms with E-state index in [4.69, 9.17) is 14.2 Å². The van der Waals surface area contributed by atoms with E-state index in [1.165, 1.54) is 0 Å². The van der Waals surface area contributed by atoms with Gasteiger partial charge in [-0.3, -0.25) is 0 Å². The molecule has 0 N–H and O–H groups in total. The molecule has 1 atom stereocenters. The van der Waals surface area contributed by atoms with Gasteiger partial charge < -0.3 is 14.2 Å². The van der Waals surface area contributed by atoms with E-state index in [9.17, 15) is 0 Å². The fraction of sp³-hybridized carbons (Fsp3) is 0.714. The minimum absolute atomic E-state index is 0.148. The molecule has 0 aliphatic carbocycles. The highest BCUT2D eigenvalue weighted by atomic mass is 16.7. The van der Waals surface area contributed by atoms with E-state index >= 15 is 0 Å². The van der Waals surface area contributed by atoms with Gasteiger partial charge in [-0.1, -0.05) is 0 Å². The summed E-state index contributed by atoms with van der Waals surface area (Å²) in [6.45, 7) is 0.841. The van der Waals surface area contributed by atoms with Gasteiger partial charge in [0.05, 0.1) is 0 Å². The van der Waals surface area contributed by atoms with Gasteiger partial charge in [-0.25, -0.2) is 0 Å². The zero-order chi connectivity index (χ0) is 6.81. The van der Waals surface area contributed by atoms with Crippen molar-refractivity contribution in [3.8, 4) is 0 Å². The third-order valence-electron chi connectivity index (χ3n) is 1.75. The number of rotatable bonds is 1. The van der Waals surface area contributed by atoms with Crippen LogP contribution in [0.2, 0.25) is 0 Å². The molecule has 3 heteroatoms. The molecule has 0 aromatic carbocycles. The highest BCUT2D eigenvalue weighted by molar-refractivity contribution is 4.78. The minimum atomic E-state index is -0.178. The monoisotopic (exact) mass is 142 g/mol. The summed E-state index contributed by atoms with van der Waals surface area (Å²) < 4.78 is 15.6. The Morgan fingerprint density at radius 3 is 2.60 bits per heavy atom. The molecule has 2 heterocycles. The lowest BCUT2D eigenvalue weighted by molar-refractivity contribution is -0.113. The maximum Gasteiger partial charge on any atom is 0.265 e. The van der Waals surface area contributed by atoms with Crippen LogP contribution >= 0.6 is 0 Å². The summed E-state index contributed by atoms with van der Waals surface area (Å²) in [6.07, 6.45) is 5.26. The van der Waals surface area contributed by atoms with E-state index in [0.717, 1.165) is 19.4 Å². The van der Waals surface area contributed by atoms with Gasteiger partial charge in [0.15, 0.2) is 0 Å². The van der Waals surface area contributed by atoms with Gasteiger partial charge in [-0.2, -0.15) is 0 Å². The fourth-order valence-corrected chi connectivity index (χ4v) is 1.24. The first kappa shape index (κ1) is 6.04. The molecule has 10 heavy (non-hydrogen) atoms. The zero-order valence-electron chi connectivity index (χ0n) is 5.66. The van der Waals surface area contributed by atoms with Crippen molar-refractivity contribution in [2.45, 2.75) is 25.2 Å². The summed E-state index contributed by atoms with van der Waals surface area (Å²) in [5, 5.41) is 0. The minimum Gasteiger partial charge on any atom is -0.457 e. The molecular formula is C7H10O3. The first-order valence-corrected chi connectivity index (χ1v) is 3.54. The number of hydrogen-bond donors (Lipinski definition) is 0. The van der Waals surface area contributed by atoms with Crippen LogP contribution in [0.5, 0.6) is 0 Å². The van der Waals surface area contributed by atoms with Crippen LogP contribution in [-0.2, 0) is 14.2 Å². The smallest absolute Gasteiger partial charge is 0.265 e. The SMILES string of the molecule is C1=COC(C2CCCO2)O1. The maximum absolute atomic E-state index is 5.35. The third kappa shape index (κ3) is 0.968. The molecule has 0 radical (unpaired) electrons. The first-order chi connectivity index (χ1) is 4.97. The van der Waals surface area contributed by atoms with Crippen molar-refractivity contribution in [3.63, 3.8) is 0 Å². The molecule has 0 amide bonds. The lowest BCUT2D eigenvalue weighted by atomic mass is 10.2. The van der Waals surface area contributed by atoms with Gasteiger partial charge in [-0.05, 0) is 12.8 Å². The largest absolute Gasteiger partial charge is 0.457 e. The van der Waals surface area contributed by atoms with E-state index in [1.807, 2.05) is 0 Å². The Kier molecular flexibility index (Phi) is 1.51. The predicted molar refractivity (Wildman–Crippen MR) is 34.1 cm³/mol. The second kappa shape index (κ2) is 2.50. The number of ether oxygens (including phenoxy) is 3. The Bertz CT molecular complexity index is 130. The van der Waals surface area contributed by atoms with Crippen molar-refractivity contribution in [2.75, 3.05) is 6.61 Å². The van der Waals surface area contributed by atoms with E-state index in [-0.39, 0.29) is 12.4 Å². The van der Waals surface area contributed by atoms with Crippen LogP contribution in [0, 0.1) is 0 Å². The first-order valence-electron chi connectivity index (χ1n) is 3.54. The van der Waals surface area contributed by atoms with Crippen LogP contribution in [0.15, 0.2) is 12.5 Å². The maximum atomic E-state index is 5.35. The molecule has 0 bridgehead atoms. The van der Waals surface area contributed by atoms with Gasteiger partial charge in [0.2, 0.25) is 0 Å². The molecule has 0 aromatic rings. The van der Waals surface area contributed by atoms with E-state index in [1.54, 1.807) is 12.5 Å². The average Bonchev–Trinajstić information content (AvgIpc) is 2.59. The predicted octanol–water partition coefficient (Wildman–Crippen LogP) is 1.01. The summed E-state index contributed by atoms with van der Waals surface area (Å²) in [7, 11) is 0. The zero-order valence-corrected chi connectivity index (χ0v) is 5.66. The molecule has 0 spiro atoms. The molecule has 0 aromatic heterocycles. The van der Waals surface area contributed by atoms with Crippen molar-refractivity contribution in [1.29, 1.82) is 0 Å². The normalized spacial score (nSPS) is 32.2. The molecule has 2 aliphatic rings. The van der Waals surface area contributed by atoms with E-state index in [0.29, 0.717) is 0 Å². The van der Waals surface area contributed by atoms with Gasteiger partial charge in [0.25, 0.3) is 6.29 Å². The average molecular weight is 142 g/mol. The molecule has 1 saturated heterocycles. The Labute approximate surface area is 59.6 Å². The van der Waals surface area contributed by atoms with Crippen molar-refractivity contribution in [2.24, 2.45) is 0 Å². The lowest BCUT2D eigenvalue weighted by Gasteiger charge is -2.15. The summed E-state index contributed by atoms with van der Waals surface area (Å²) in [5.74, 6) is 0. The molecule has 56 valence electrons. The van der Waals surface area contributed by atoms with Gasteiger partial charge in [0, 0.05) is 6.61 Å². The molecule has 2 aliphatic heterocycles. The molecule has 3 nitrogen and oxygen atoms in total. The van der Waals surface area contributed by atoms with Crippen LogP contribution < -0.4 is 0 Å². The molecule has 1 unspecified atom stereocenters. The summed E-state index contributed by atoms with van der Waals surface area (Å²) in [5.41, 5.74) is 0. The number of hydrogen-bond acceptors (Lipinski definition) is 3. The third-order valence-corrected chi connectivity index (χ3v) is 1.75. The lowest BCUT2D eigenvalue weighted by Crippen LogP contribution is -2.25. The van der Waals surface area contributed by atoms with Crippen molar-refractivity contribution in [3.05, 3.63) is 12.5 Å². The van der Waals surface area contributed by atoms with E-state index < -0.39 is 0 Å². The molecular weight excluding hydrogens is 132 g/mol. The molecule has 1 fully saturated rings. The Morgan fingerprint density at radius 2 is 2.00 bits per heavy atom. The summed E-state index contributed by atoms with van der Waals surface area (Å²) in [4.78, 5) is 0. The van der Waals surface area contributed by atoms with Crippen LogP contribution in [0.25, 0.3) is 0 Å². The van der Waals surface area contributed by atoms with Crippen molar-refractivity contribution in [1.82, 2.24) is 0 Å². The van der Waals surface area contributed by atoms with Crippen molar-refractivity contribution >= 4 is 0 Å². The highest BCUT2D eigenvalue weighted by Crippen LogP contribution is 2.21. The van der Waals surface area contributed by atoms with Gasteiger partial charge >= 0.3 is 0 Å². The van der Waals surface area contributed by atoms with E-state index in [2.05, 4.69) is 0 Å². The van der Waals surface area contributed by atoms with Crippen LogP contribution in [0.4, 0.5) is 0 Å². The van der Waals surface area contributed by atoms with Crippen LogP contribution in [-0.4, -0.2) is 19.0 Å². The second-order valence-corrected chi connectivity index (χ2v) is 2.46. The Balaban J connectivity index is 1.87. The highest BCUT2D eigenvalue weighted by Gasteiger charge is 2.29. The second-order valence-electron chi connectivity index (χ2n) is 2.46. The summed E-state index contributed by atoms with van der Waals surface area (Å²) >= 11 is 0. The summed E-state index contributed by atoms with van der Waals surface area (Å²) in [6, 6.07) is 0. The molecule has 2 rings (SSSR count). The standard InChI is InChI=1S/C7H10O3/c1-2-6(8-3-1)7-9-4-5-10-7/h4-7H,1-3H2. The quantitative estimate of drug-likeness (QED) is 0.546. The van der Waals surface area contributed by atoms with Gasteiger partial charge in [-0.15, -0.1) is 0 Å². The van der Waals surface area contributed by atoms with Crippen LogP contribution in [0.3, 0.4) is 0 Å². The van der Waals surface area contributed by atoms with Gasteiger partial charge in [0.1, 0.15) is 18.6 Å². The topological polar surface area (TPSA) is 27.7 Å². The fourth-order valence-electron chi connectivity index (χ4n) is 1.24. The Morgan fingerprint density at radius 1 is 1.20 bits per heavy atom. The van der Waals surface area contributed by atoms with Crippen LogP contribution in [0.1, 0.15) is 12.8 Å². The molecule has 0 saturated carbocycles.